The molecule has 0 spiro atoms. The Morgan fingerprint density at radius 2 is 1.93 bits per heavy atom. The van der Waals surface area contributed by atoms with Crippen molar-refractivity contribution >= 4 is 11.6 Å². The number of aryl methyl sites for hydroxylation is 3. The van der Waals surface area contributed by atoms with E-state index in [9.17, 15) is 4.79 Å². The van der Waals surface area contributed by atoms with Crippen LogP contribution in [0.2, 0.25) is 0 Å². The normalized spacial score (nSPS) is 16.5. The molecule has 1 atom stereocenters. The highest BCUT2D eigenvalue weighted by Crippen LogP contribution is 2.19. The zero-order valence-corrected chi connectivity index (χ0v) is 17.5. The topological polar surface area (TPSA) is 48.5 Å². The lowest BCUT2D eigenvalue weighted by Gasteiger charge is -2.24. The molecular formula is C23H32N4O. The first-order valence-electron chi connectivity index (χ1n) is 10.2. The predicted molar refractivity (Wildman–Crippen MR) is 115 cm³/mol. The number of amides is 1. The molecule has 150 valence electrons. The van der Waals surface area contributed by atoms with Crippen molar-refractivity contribution in [3.8, 4) is 0 Å². The molecule has 1 aromatic carbocycles. The Balaban J connectivity index is 1.54. The number of nitrogens with one attached hydrogen (secondary N) is 1. The molecule has 0 saturated carbocycles. The van der Waals surface area contributed by atoms with Gasteiger partial charge in [-0.2, -0.15) is 0 Å². The minimum atomic E-state index is 0.0238. The predicted octanol–water partition coefficient (Wildman–Crippen LogP) is 3.40. The Morgan fingerprint density at radius 3 is 2.71 bits per heavy atom. The smallest absolute Gasteiger partial charge is 0.234 e. The van der Waals surface area contributed by atoms with Gasteiger partial charge < -0.3 is 10.2 Å². The Kier molecular flexibility index (Phi) is 6.68. The van der Waals surface area contributed by atoms with Crippen LogP contribution < -0.4 is 10.2 Å². The van der Waals surface area contributed by atoms with E-state index in [2.05, 4.69) is 71.2 Å². The number of hydrogen-bond donors (Lipinski definition) is 1. The molecule has 5 nitrogen and oxygen atoms in total. The molecule has 1 aliphatic heterocycles. The van der Waals surface area contributed by atoms with Gasteiger partial charge in [0.25, 0.3) is 0 Å². The summed E-state index contributed by atoms with van der Waals surface area (Å²) < 4.78 is 0. The average molecular weight is 381 g/mol. The molecule has 28 heavy (non-hydrogen) atoms. The molecule has 1 aliphatic rings. The maximum absolute atomic E-state index is 12.6. The van der Waals surface area contributed by atoms with Crippen LogP contribution in [0.5, 0.6) is 0 Å². The number of carbonyl (C=O) groups excluding carboxylic acids is 1. The quantitative estimate of drug-likeness (QED) is 0.864. The van der Waals surface area contributed by atoms with Crippen LogP contribution in [-0.2, 0) is 4.79 Å². The summed E-state index contributed by atoms with van der Waals surface area (Å²) in [6.45, 7) is 12.5. The van der Waals surface area contributed by atoms with Crippen LogP contribution in [0.3, 0.4) is 0 Å². The molecule has 1 saturated heterocycles. The maximum atomic E-state index is 12.6. The largest absolute Gasteiger partial charge is 0.370 e. The van der Waals surface area contributed by atoms with Crippen molar-refractivity contribution in [1.82, 2.24) is 15.2 Å². The molecule has 0 aliphatic carbocycles. The van der Waals surface area contributed by atoms with Gasteiger partial charge in [0, 0.05) is 43.8 Å². The molecule has 1 fully saturated rings. The van der Waals surface area contributed by atoms with E-state index < -0.39 is 0 Å². The standard InChI is InChI=1S/C23H32N4O/c1-17-6-7-18(2)22(14-17)20(4)25-23(28)16-26-10-5-11-27(13-12-26)21-8-9-24-19(3)15-21/h6-9,14-15,20H,5,10-13,16H2,1-4H3,(H,25,28)/t20-/m0/s1. The first-order chi connectivity index (χ1) is 13.4. The van der Waals surface area contributed by atoms with Crippen molar-refractivity contribution in [1.29, 1.82) is 0 Å². The molecule has 0 unspecified atom stereocenters. The fourth-order valence-corrected chi connectivity index (χ4v) is 3.91. The van der Waals surface area contributed by atoms with E-state index in [1.165, 1.54) is 22.4 Å². The van der Waals surface area contributed by atoms with Crippen LogP contribution in [0.4, 0.5) is 5.69 Å². The van der Waals surface area contributed by atoms with Gasteiger partial charge in [-0.1, -0.05) is 23.8 Å². The van der Waals surface area contributed by atoms with E-state index in [4.69, 9.17) is 0 Å². The van der Waals surface area contributed by atoms with Crippen LogP contribution in [0, 0.1) is 20.8 Å². The van der Waals surface area contributed by atoms with E-state index in [-0.39, 0.29) is 11.9 Å². The molecule has 1 N–H and O–H groups in total. The van der Waals surface area contributed by atoms with Crippen LogP contribution in [0.1, 0.15) is 41.8 Å². The second kappa shape index (κ2) is 9.20. The van der Waals surface area contributed by atoms with Crippen LogP contribution in [0.25, 0.3) is 0 Å². The van der Waals surface area contributed by atoms with Crippen LogP contribution >= 0.6 is 0 Å². The molecule has 3 rings (SSSR count). The molecular weight excluding hydrogens is 348 g/mol. The molecule has 1 amide bonds. The van der Waals surface area contributed by atoms with E-state index in [0.29, 0.717) is 6.54 Å². The average Bonchev–Trinajstić information content (AvgIpc) is 2.89. The van der Waals surface area contributed by atoms with Crippen LogP contribution in [0.15, 0.2) is 36.5 Å². The number of pyridine rings is 1. The van der Waals surface area contributed by atoms with Crippen molar-refractivity contribution in [3.05, 3.63) is 58.9 Å². The molecule has 0 bridgehead atoms. The summed E-state index contributed by atoms with van der Waals surface area (Å²) in [6.07, 6.45) is 2.93. The third-order valence-electron chi connectivity index (χ3n) is 5.48. The highest BCUT2D eigenvalue weighted by molar-refractivity contribution is 5.78. The molecule has 2 aromatic rings. The SMILES string of the molecule is Cc1ccc(C)c([C@H](C)NC(=O)CN2CCCN(c3ccnc(C)c3)CC2)c1. The lowest BCUT2D eigenvalue weighted by atomic mass is 10.00. The van der Waals surface area contributed by atoms with Crippen molar-refractivity contribution < 1.29 is 4.79 Å². The van der Waals surface area contributed by atoms with Gasteiger partial charge in [-0.05, 0) is 57.4 Å². The lowest BCUT2D eigenvalue weighted by Crippen LogP contribution is -2.40. The number of rotatable bonds is 5. The van der Waals surface area contributed by atoms with Crippen molar-refractivity contribution in [2.75, 3.05) is 37.6 Å². The Labute approximate surface area is 168 Å². The minimum absolute atomic E-state index is 0.0238. The highest BCUT2D eigenvalue weighted by Gasteiger charge is 2.19. The second-order valence-electron chi connectivity index (χ2n) is 7.92. The third kappa shape index (κ3) is 5.32. The van der Waals surface area contributed by atoms with Gasteiger partial charge in [-0.15, -0.1) is 0 Å². The highest BCUT2D eigenvalue weighted by atomic mass is 16.2. The Morgan fingerprint density at radius 1 is 1.11 bits per heavy atom. The minimum Gasteiger partial charge on any atom is -0.370 e. The number of nitrogens with zero attached hydrogens (tertiary/aromatic N) is 3. The Hall–Kier alpha value is -2.40. The summed E-state index contributed by atoms with van der Waals surface area (Å²) in [5.74, 6) is 0.0987. The van der Waals surface area contributed by atoms with E-state index in [1.807, 2.05) is 13.1 Å². The van der Waals surface area contributed by atoms with Gasteiger partial charge in [0.2, 0.25) is 5.91 Å². The maximum Gasteiger partial charge on any atom is 0.234 e. The molecule has 1 aromatic heterocycles. The molecule has 2 heterocycles. The first kappa shape index (κ1) is 20.3. The van der Waals surface area contributed by atoms with E-state index >= 15 is 0 Å². The van der Waals surface area contributed by atoms with Gasteiger partial charge in [-0.3, -0.25) is 14.7 Å². The van der Waals surface area contributed by atoms with Gasteiger partial charge in [-0.25, -0.2) is 0 Å². The number of hydrogen-bond acceptors (Lipinski definition) is 4. The summed E-state index contributed by atoms with van der Waals surface area (Å²) in [5, 5.41) is 3.18. The number of carbonyl (C=O) groups is 1. The van der Waals surface area contributed by atoms with Gasteiger partial charge >= 0.3 is 0 Å². The van der Waals surface area contributed by atoms with Gasteiger partial charge in [0.1, 0.15) is 0 Å². The molecule has 5 heteroatoms. The first-order valence-corrected chi connectivity index (χ1v) is 10.2. The number of benzene rings is 1. The van der Waals surface area contributed by atoms with Crippen molar-refractivity contribution in [2.24, 2.45) is 0 Å². The fourth-order valence-electron chi connectivity index (χ4n) is 3.91. The van der Waals surface area contributed by atoms with Crippen molar-refractivity contribution in [2.45, 2.75) is 40.2 Å². The summed E-state index contributed by atoms with van der Waals surface area (Å²) >= 11 is 0. The Bertz CT molecular complexity index is 820. The van der Waals surface area contributed by atoms with E-state index in [0.717, 1.165) is 38.3 Å². The monoisotopic (exact) mass is 380 g/mol. The van der Waals surface area contributed by atoms with Crippen molar-refractivity contribution in [3.63, 3.8) is 0 Å². The van der Waals surface area contributed by atoms with Gasteiger partial charge in [0.05, 0.1) is 12.6 Å². The number of aromatic nitrogens is 1. The summed E-state index contributed by atoms with van der Waals surface area (Å²) in [7, 11) is 0. The summed E-state index contributed by atoms with van der Waals surface area (Å²) in [4.78, 5) is 21.6. The third-order valence-corrected chi connectivity index (χ3v) is 5.48. The van der Waals surface area contributed by atoms with Crippen LogP contribution in [-0.4, -0.2) is 48.5 Å². The summed E-state index contributed by atoms with van der Waals surface area (Å²) in [6, 6.07) is 10.6. The second-order valence-corrected chi connectivity index (χ2v) is 7.92. The lowest BCUT2D eigenvalue weighted by molar-refractivity contribution is -0.122. The van der Waals surface area contributed by atoms with E-state index in [1.54, 1.807) is 0 Å². The van der Waals surface area contributed by atoms with Gasteiger partial charge in [0.15, 0.2) is 0 Å². The number of anilines is 1. The zero-order chi connectivity index (χ0) is 20.1. The zero-order valence-electron chi connectivity index (χ0n) is 17.5. The molecule has 0 radical (unpaired) electrons. The summed E-state index contributed by atoms with van der Waals surface area (Å²) in [5.41, 5.74) is 5.90. The fraction of sp³-hybridized carbons (Fsp3) is 0.478.